The van der Waals surface area contributed by atoms with Crippen molar-refractivity contribution in [3.63, 3.8) is 0 Å². The molecule has 0 aliphatic carbocycles. The summed E-state index contributed by atoms with van der Waals surface area (Å²) in [7, 11) is 0. The number of nitrogens with zero attached hydrogens (tertiary/aromatic N) is 6. The van der Waals surface area contributed by atoms with E-state index < -0.39 is 23.4 Å². The fourth-order valence-corrected chi connectivity index (χ4v) is 4.86. The Kier molecular flexibility index (Phi) is 6.78. The van der Waals surface area contributed by atoms with E-state index >= 15 is 0 Å². The zero-order valence-electron chi connectivity index (χ0n) is 21.2. The van der Waals surface area contributed by atoms with E-state index in [9.17, 15) is 27.6 Å². The van der Waals surface area contributed by atoms with Gasteiger partial charge in [0.05, 0.1) is 11.8 Å². The number of nitrogens with one attached hydrogen (secondary N) is 1. The lowest BCUT2D eigenvalue weighted by molar-refractivity contribution is -0.274. The molecule has 1 fully saturated rings. The Morgan fingerprint density at radius 3 is 2.67 bits per heavy atom. The van der Waals surface area contributed by atoms with Gasteiger partial charge in [-0.25, -0.2) is 9.78 Å². The van der Waals surface area contributed by atoms with Crippen molar-refractivity contribution in [2.24, 2.45) is 5.92 Å². The van der Waals surface area contributed by atoms with E-state index in [1.165, 1.54) is 32.2 Å². The molecule has 1 unspecified atom stereocenters. The maximum Gasteiger partial charge on any atom is 0.573 e. The molecule has 11 nitrogen and oxygen atoms in total. The van der Waals surface area contributed by atoms with Gasteiger partial charge in [0, 0.05) is 56.5 Å². The minimum Gasteiger partial charge on any atom is -0.406 e. The molecule has 4 aromatic rings. The highest BCUT2D eigenvalue weighted by atomic mass is 19.4. The number of imidazole rings is 1. The second-order valence-corrected chi connectivity index (χ2v) is 9.34. The van der Waals surface area contributed by atoms with E-state index in [0.717, 1.165) is 0 Å². The van der Waals surface area contributed by atoms with E-state index in [1.54, 1.807) is 30.1 Å². The van der Waals surface area contributed by atoms with Gasteiger partial charge in [-0.15, -0.1) is 13.2 Å². The SMILES string of the molecule is CCCn1c(=O)c2[nH]c(-c3cnn(CC4CC(=O)N(c5cccc(OC(F)(F)F)c5)C4)c3)nc2n(CC)c1=O. The summed E-state index contributed by atoms with van der Waals surface area (Å²) >= 11 is 0. The third kappa shape index (κ3) is 5.18. The molecule has 206 valence electrons. The number of carbonyl (C=O) groups is 1. The molecule has 4 heterocycles. The van der Waals surface area contributed by atoms with Crippen LogP contribution in [0.2, 0.25) is 0 Å². The van der Waals surface area contributed by atoms with Gasteiger partial charge in [-0.05, 0) is 25.5 Å². The molecule has 1 aromatic carbocycles. The molecular formula is C25H26F3N7O4. The lowest BCUT2D eigenvalue weighted by atomic mass is 10.1. The fraction of sp³-hybridized carbons (Fsp3) is 0.400. The monoisotopic (exact) mass is 545 g/mol. The Balaban J connectivity index is 1.35. The lowest BCUT2D eigenvalue weighted by Gasteiger charge is -2.18. The number of aromatic amines is 1. The number of hydrogen-bond acceptors (Lipinski definition) is 6. The van der Waals surface area contributed by atoms with Crippen molar-refractivity contribution in [3.05, 3.63) is 57.5 Å². The zero-order chi connectivity index (χ0) is 27.9. The van der Waals surface area contributed by atoms with Crippen LogP contribution in [0.3, 0.4) is 0 Å². The molecule has 1 N–H and O–H groups in total. The quantitative estimate of drug-likeness (QED) is 0.363. The number of rotatable bonds is 8. The van der Waals surface area contributed by atoms with E-state index in [1.807, 2.05) is 6.92 Å². The molecule has 1 amide bonds. The summed E-state index contributed by atoms with van der Waals surface area (Å²) in [5.41, 5.74) is 0.598. The van der Waals surface area contributed by atoms with E-state index in [4.69, 9.17) is 0 Å². The largest absolute Gasteiger partial charge is 0.573 e. The first-order valence-corrected chi connectivity index (χ1v) is 12.5. The summed E-state index contributed by atoms with van der Waals surface area (Å²) in [6.45, 7) is 5.02. The Morgan fingerprint density at radius 2 is 1.95 bits per heavy atom. The third-order valence-corrected chi connectivity index (χ3v) is 6.54. The average molecular weight is 546 g/mol. The first-order chi connectivity index (χ1) is 18.6. The van der Waals surface area contributed by atoms with E-state index in [2.05, 4.69) is 19.8 Å². The van der Waals surface area contributed by atoms with Crippen LogP contribution in [0.4, 0.5) is 18.9 Å². The second-order valence-electron chi connectivity index (χ2n) is 9.34. The smallest absolute Gasteiger partial charge is 0.406 e. The van der Waals surface area contributed by atoms with Crippen LogP contribution in [0, 0.1) is 5.92 Å². The fourth-order valence-electron chi connectivity index (χ4n) is 4.86. The highest BCUT2D eigenvalue weighted by molar-refractivity contribution is 5.95. The van der Waals surface area contributed by atoms with Crippen molar-refractivity contribution in [3.8, 4) is 17.1 Å². The van der Waals surface area contributed by atoms with Crippen molar-refractivity contribution in [2.75, 3.05) is 11.4 Å². The molecule has 5 rings (SSSR count). The van der Waals surface area contributed by atoms with Crippen LogP contribution >= 0.6 is 0 Å². The first-order valence-electron chi connectivity index (χ1n) is 12.5. The maximum atomic E-state index is 12.9. The zero-order valence-corrected chi connectivity index (χ0v) is 21.2. The maximum absolute atomic E-state index is 12.9. The van der Waals surface area contributed by atoms with Gasteiger partial charge < -0.3 is 14.6 Å². The van der Waals surface area contributed by atoms with Crippen molar-refractivity contribution >= 4 is 22.8 Å². The van der Waals surface area contributed by atoms with Crippen LogP contribution < -0.4 is 20.9 Å². The number of halogens is 3. The molecule has 39 heavy (non-hydrogen) atoms. The van der Waals surface area contributed by atoms with Gasteiger partial charge in [-0.1, -0.05) is 13.0 Å². The minimum absolute atomic E-state index is 0.139. The number of carbonyl (C=O) groups excluding carboxylic acids is 1. The standard InChI is InChI=1S/C25H26F3N7O4/c1-3-8-34-23(37)20-22(33(4-2)24(34)38)31-21(30-20)16-11-29-32(14-16)12-15-9-19(36)35(13-15)17-6-5-7-18(10-17)39-25(26,27)28/h5-7,10-11,14-15H,3-4,8-9,12-13H2,1-2H3,(H,30,31). The van der Waals surface area contributed by atoms with Crippen molar-refractivity contribution in [1.29, 1.82) is 0 Å². The predicted octanol–water partition coefficient (Wildman–Crippen LogP) is 3.13. The molecule has 0 radical (unpaired) electrons. The molecule has 3 aromatic heterocycles. The van der Waals surface area contributed by atoms with Gasteiger partial charge in [0.1, 0.15) is 17.1 Å². The first kappa shape index (κ1) is 26.3. The van der Waals surface area contributed by atoms with Crippen LogP contribution in [0.5, 0.6) is 5.75 Å². The van der Waals surface area contributed by atoms with Gasteiger partial charge >= 0.3 is 12.1 Å². The van der Waals surface area contributed by atoms with Gasteiger partial charge in [0.15, 0.2) is 5.65 Å². The summed E-state index contributed by atoms with van der Waals surface area (Å²) in [6, 6.07) is 5.32. The molecule has 1 saturated heterocycles. The van der Waals surface area contributed by atoms with Gasteiger partial charge in [0.25, 0.3) is 5.56 Å². The van der Waals surface area contributed by atoms with Crippen molar-refractivity contribution in [1.82, 2.24) is 28.9 Å². The molecule has 14 heteroatoms. The van der Waals surface area contributed by atoms with Crippen molar-refractivity contribution < 1.29 is 22.7 Å². The number of amides is 1. The van der Waals surface area contributed by atoms with E-state index in [0.29, 0.717) is 49.7 Å². The van der Waals surface area contributed by atoms with Crippen molar-refractivity contribution in [2.45, 2.75) is 52.7 Å². The van der Waals surface area contributed by atoms with Gasteiger partial charge in [0.2, 0.25) is 5.91 Å². The second kappa shape index (κ2) is 10.1. The van der Waals surface area contributed by atoms with Gasteiger partial charge in [-0.2, -0.15) is 5.10 Å². The number of anilines is 1. The Bertz CT molecular complexity index is 1650. The van der Waals surface area contributed by atoms with Gasteiger partial charge in [-0.3, -0.25) is 23.4 Å². The predicted molar refractivity (Wildman–Crippen MR) is 135 cm³/mol. The summed E-state index contributed by atoms with van der Waals surface area (Å²) < 4.78 is 46.0. The molecule has 1 atom stereocenters. The lowest BCUT2D eigenvalue weighted by Crippen LogP contribution is -2.39. The van der Waals surface area contributed by atoms with Crippen LogP contribution in [0.15, 0.2) is 46.2 Å². The summed E-state index contributed by atoms with van der Waals surface area (Å²) in [5.74, 6) is -0.363. The molecule has 0 bridgehead atoms. The average Bonchev–Trinajstić information content (AvgIpc) is 3.60. The summed E-state index contributed by atoms with van der Waals surface area (Å²) in [6.07, 6.45) is -0.700. The van der Waals surface area contributed by atoms with E-state index in [-0.39, 0.29) is 29.4 Å². The molecular weight excluding hydrogens is 519 g/mol. The minimum atomic E-state index is -4.83. The molecule has 1 aliphatic rings. The number of benzene rings is 1. The number of alkyl halides is 3. The number of H-pyrrole nitrogens is 1. The van der Waals surface area contributed by atoms with Crippen LogP contribution in [0.1, 0.15) is 26.7 Å². The number of fused-ring (bicyclic) bond motifs is 1. The molecule has 0 saturated carbocycles. The highest BCUT2D eigenvalue weighted by Crippen LogP contribution is 2.31. The van der Waals surface area contributed by atoms with Crippen LogP contribution in [0.25, 0.3) is 22.6 Å². The van der Waals surface area contributed by atoms with Crippen LogP contribution in [-0.2, 0) is 24.4 Å². The number of ether oxygens (including phenoxy) is 1. The Labute approximate surface area is 219 Å². The van der Waals surface area contributed by atoms with Crippen LogP contribution in [-0.4, -0.2) is 47.7 Å². The summed E-state index contributed by atoms with van der Waals surface area (Å²) in [5, 5.41) is 4.36. The number of aromatic nitrogens is 6. The molecule has 0 spiro atoms. The Hall–Kier alpha value is -4.36. The topological polar surface area (TPSA) is 120 Å². The molecule has 1 aliphatic heterocycles. The normalized spacial score (nSPS) is 16.0. The highest BCUT2D eigenvalue weighted by Gasteiger charge is 2.33. The number of aryl methyl sites for hydroxylation is 1. The summed E-state index contributed by atoms with van der Waals surface area (Å²) in [4.78, 5) is 47.3. The third-order valence-electron chi connectivity index (χ3n) is 6.54. The number of hydrogen-bond donors (Lipinski definition) is 1. The Morgan fingerprint density at radius 1 is 1.15 bits per heavy atom.